The molecule has 2 rings (SSSR count). The van der Waals surface area contributed by atoms with Gasteiger partial charge in [0, 0.05) is 6.54 Å². The lowest BCUT2D eigenvalue weighted by atomic mass is 9.83. The summed E-state index contributed by atoms with van der Waals surface area (Å²) in [5, 5.41) is 0. The van der Waals surface area contributed by atoms with E-state index < -0.39 is 0 Å². The summed E-state index contributed by atoms with van der Waals surface area (Å²) in [6, 6.07) is 0. The van der Waals surface area contributed by atoms with Crippen LogP contribution in [0.1, 0.15) is 45.4 Å². The Kier molecular flexibility index (Phi) is 3.26. The van der Waals surface area contributed by atoms with Crippen LogP contribution in [0.5, 0.6) is 0 Å². The molecule has 0 unspecified atom stereocenters. The molecule has 0 radical (unpaired) electrons. The van der Waals surface area contributed by atoms with Crippen molar-refractivity contribution >= 4 is 0 Å². The van der Waals surface area contributed by atoms with Crippen LogP contribution in [0.4, 0.5) is 0 Å². The van der Waals surface area contributed by atoms with Gasteiger partial charge in [0.05, 0.1) is 0 Å². The first-order valence-electron chi connectivity index (χ1n) is 6.07. The molecule has 13 heavy (non-hydrogen) atoms. The van der Waals surface area contributed by atoms with Crippen LogP contribution in [0.15, 0.2) is 0 Å². The molecule has 2 aliphatic rings. The van der Waals surface area contributed by atoms with E-state index in [2.05, 4.69) is 11.8 Å². The average molecular weight is 181 g/mol. The van der Waals surface area contributed by atoms with Crippen LogP contribution in [-0.4, -0.2) is 24.5 Å². The Balaban J connectivity index is 1.69. The van der Waals surface area contributed by atoms with Gasteiger partial charge in [-0.1, -0.05) is 19.8 Å². The zero-order valence-electron chi connectivity index (χ0n) is 8.97. The Morgan fingerprint density at radius 3 is 2.23 bits per heavy atom. The molecule has 1 heteroatoms. The molecule has 0 amide bonds. The Morgan fingerprint density at radius 1 is 1.00 bits per heavy atom. The minimum absolute atomic E-state index is 1.01. The number of likely N-dealkylation sites (tertiary alicyclic amines) is 1. The van der Waals surface area contributed by atoms with E-state index >= 15 is 0 Å². The zero-order valence-corrected chi connectivity index (χ0v) is 8.97. The minimum Gasteiger partial charge on any atom is -0.303 e. The minimum atomic E-state index is 1.01. The van der Waals surface area contributed by atoms with Gasteiger partial charge in [-0.15, -0.1) is 0 Å². The van der Waals surface area contributed by atoms with Gasteiger partial charge >= 0.3 is 0 Å². The van der Waals surface area contributed by atoms with E-state index in [4.69, 9.17) is 0 Å². The molecule has 0 bridgehead atoms. The van der Waals surface area contributed by atoms with Crippen LogP contribution in [-0.2, 0) is 0 Å². The largest absolute Gasteiger partial charge is 0.303 e. The lowest BCUT2D eigenvalue weighted by molar-refractivity contribution is 0.210. The van der Waals surface area contributed by atoms with Gasteiger partial charge in [0.25, 0.3) is 0 Å². The van der Waals surface area contributed by atoms with Crippen molar-refractivity contribution in [1.29, 1.82) is 0 Å². The van der Waals surface area contributed by atoms with Gasteiger partial charge in [0.1, 0.15) is 0 Å². The Hall–Kier alpha value is -0.0400. The summed E-state index contributed by atoms with van der Waals surface area (Å²) >= 11 is 0. The van der Waals surface area contributed by atoms with Crippen molar-refractivity contribution in [3.8, 4) is 0 Å². The molecule has 1 aliphatic heterocycles. The maximum Gasteiger partial charge on any atom is 0.000966 e. The van der Waals surface area contributed by atoms with Gasteiger partial charge < -0.3 is 4.90 Å². The van der Waals surface area contributed by atoms with E-state index in [0.29, 0.717) is 0 Å². The van der Waals surface area contributed by atoms with Crippen molar-refractivity contribution in [1.82, 2.24) is 4.90 Å². The Bertz CT molecular complexity index is 141. The molecule has 1 saturated carbocycles. The average Bonchev–Trinajstić information content (AvgIpc) is 2.62. The topological polar surface area (TPSA) is 3.24 Å². The molecule has 1 saturated heterocycles. The van der Waals surface area contributed by atoms with Gasteiger partial charge in [0.15, 0.2) is 0 Å². The number of rotatable bonds is 2. The van der Waals surface area contributed by atoms with Gasteiger partial charge in [-0.05, 0) is 50.6 Å². The molecule has 1 heterocycles. The molecule has 0 aromatic rings. The molecule has 1 aliphatic carbocycles. The fraction of sp³-hybridized carbons (Fsp3) is 1.00. The van der Waals surface area contributed by atoms with Crippen molar-refractivity contribution in [2.45, 2.75) is 45.4 Å². The fourth-order valence-electron chi connectivity index (χ4n) is 2.84. The van der Waals surface area contributed by atoms with Crippen molar-refractivity contribution in [3.05, 3.63) is 0 Å². The van der Waals surface area contributed by atoms with Crippen molar-refractivity contribution in [2.24, 2.45) is 11.8 Å². The summed E-state index contributed by atoms with van der Waals surface area (Å²) in [7, 11) is 0. The summed E-state index contributed by atoms with van der Waals surface area (Å²) in [4.78, 5) is 2.68. The summed E-state index contributed by atoms with van der Waals surface area (Å²) in [5.41, 5.74) is 0. The lowest BCUT2D eigenvalue weighted by Gasteiger charge is -2.29. The van der Waals surface area contributed by atoms with Gasteiger partial charge in [-0.2, -0.15) is 0 Å². The third-order valence-corrected chi connectivity index (χ3v) is 3.85. The highest BCUT2D eigenvalue weighted by molar-refractivity contribution is 4.75. The molecule has 0 N–H and O–H groups in total. The molecule has 76 valence electrons. The molecule has 2 fully saturated rings. The summed E-state index contributed by atoms with van der Waals surface area (Å²) in [5.74, 6) is 2.05. The monoisotopic (exact) mass is 181 g/mol. The van der Waals surface area contributed by atoms with E-state index in [0.717, 1.165) is 11.8 Å². The van der Waals surface area contributed by atoms with Crippen LogP contribution in [0.2, 0.25) is 0 Å². The quantitative estimate of drug-likeness (QED) is 0.633. The summed E-state index contributed by atoms with van der Waals surface area (Å²) in [6.45, 7) is 6.58. The second-order valence-electron chi connectivity index (χ2n) is 5.13. The van der Waals surface area contributed by atoms with E-state index in [9.17, 15) is 0 Å². The molecule has 0 atom stereocenters. The molecular weight excluding hydrogens is 158 g/mol. The number of hydrogen-bond acceptors (Lipinski definition) is 1. The Labute approximate surface area is 82.5 Å². The molecule has 0 aromatic heterocycles. The molecule has 0 spiro atoms. The predicted octanol–water partition coefficient (Wildman–Crippen LogP) is 2.91. The molecular formula is C12H23N. The van der Waals surface area contributed by atoms with Crippen molar-refractivity contribution in [3.63, 3.8) is 0 Å². The van der Waals surface area contributed by atoms with Crippen LogP contribution in [0, 0.1) is 11.8 Å². The highest BCUT2D eigenvalue weighted by Crippen LogP contribution is 2.29. The highest BCUT2D eigenvalue weighted by Gasteiger charge is 2.21. The van der Waals surface area contributed by atoms with Crippen LogP contribution >= 0.6 is 0 Å². The van der Waals surface area contributed by atoms with Crippen LogP contribution in [0.25, 0.3) is 0 Å². The molecule has 0 aromatic carbocycles. The molecule has 1 nitrogen and oxygen atoms in total. The maximum absolute atomic E-state index is 2.68. The zero-order chi connectivity index (χ0) is 9.10. The maximum atomic E-state index is 2.68. The second kappa shape index (κ2) is 4.45. The van der Waals surface area contributed by atoms with Crippen LogP contribution < -0.4 is 0 Å². The number of hydrogen-bond donors (Lipinski definition) is 0. The van der Waals surface area contributed by atoms with Gasteiger partial charge in [-0.3, -0.25) is 0 Å². The first-order valence-corrected chi connectivity index (χ1v) is 6.07. The summed E-state index contributed by atoms with van der Waals surface area (Å²) < 4.78 is 0. The smallest absolute Gasteiger partial charge is 0.000966 e. The van der Waals surface area contributed by atoms with Gasteiger partial charge in [0.2, 0.25) is 0 Å². The third kappa shape index (κ3) is 2.70. The standard InChI is InChI=1S/C12H23N/c1-11-4-6-12(7-5-11)10-13-8-2-3-9-13/h11-12H,2-10H2,1H3/t11-,12+. The first-order chi connectivity index (χ1) is 6.34. The van der Waals surface area contributed by atoms with E-state index in [-0.39, 0.29) is 0 Å². The van der Waals surface area contributed by atoms with Crippen molar-refractivity contribution < 1.29 is 0 Å². The van der Waals surface area contributed by atoms with E-state index in [1.165, 1.54) is 58.2 Å². The second-order valence-corrected chi connectivity index (χ2v) is 5.13. The first kappa shape index (κ1) is 9.51. The Morgan fingerprint density at radius 2 is 1.62 bits per heavy atom. The SMILES string of the molecule is C[C@H]1CC[C@@H](CN2CCCC2)CC1. The van der Waals surface area contributed by atoms with E-state index in [1.807, 2.05) is 0 Å². The number of nitrogens with zero attached hydrogens (tertiary/aromatic N) is 1. The van der Waals surface area contributed by atoms with Crippen molar-refractivity contribution in [2.75, 3.05) is 19.6 Å². The highest BCUT2D eigenvalue weighted by atomic mass is 15.1. The predicted molar refractivity (Wildman–Crippen MR) is 56.8 cm³/mol. The van der Waals surface area contributed by atoms with E-state index in [1.54, 1.807) is 0 Å². The third-order valence-electron chi connectivity index (χ3n) is 3.85. The lowest BCUT2D eigenvalue weighted by Crippen LogP contribution is -2.28. The summed E-state index contributed by atoms with van der Waals surface area (Å²) in [6.07, 6.45) is 8.86. The van der Waals surface area contributed by atoms with Gasteiger partial charge in [-0.25, -0.2) is 0 Å². The normalized spacial score (nSPS) is 36.7. The fourth-order valence-corrected chi connectivity index (χ4v) is 2.84. The van der Waals surface area contributed by atoms with Crippen LogP contribution in [0.3, 0.4) is 0 Å².